The van der Waals surface area contributed by atoms with Crippen LogP contribution in [0.4, 0.5) is 0 Å². The molecule has 3 heteroatoms. The fourth-order valence-electron chi connectivity index (χ4n) is 2.94. The number of aliphatic hydroxyl groups excluding tert-OH is 1. The first-order chi connectivity index (χ1) is 9.11. The van der Waals surface area contributed by atoms with Gasteiger partial charge in [-0.25, -0.2) is 0 Å². The Morgan fingerprint density at radius 1 is 1.37 bits per heavy atom. The number of nitrogens with zero attached hydrogens (tertiary/aromatic N) is 2. The van der Waals surface area contributed by atoms with Gasteiger partial charge in [0.2, 0.25) is 0 Å². The van der Waals surface area contributed by atoms with Gasteiger partial charge in [-0.05, 0) is 43.0 Å². The van der Waals surface area contributed by atoms with Gasteiger partial charge >= 0.3 is 0 Å². The number of rotatable bonds is 4. The van der Waals surface area contributed by atoms with E-state index in [4.69, 9.17) is 5.26 Å². The van der Waals surface area contributed by atoms with Crippen LogP contribution >= 0.6 is 0 Å². The third kappa shape index (κ3) is 3.34. The molecule has 0 amide bonds. The first kappa shape index (κ1) is 14.0. The van der Waals surface area contributed by atoms with Crippen LogP contribution in [-0.4, -0.2) is 29.1 Å². The monoisotopic (exact) mass is 258 g/mol. The van der Waals surface area contributed by atoms with Crippen molar-refractivity contribution in [2.75, 3.05) is 13.1 Å². The largest absolute Gasteiger partial charge is 0.387 e. The lowest BCUT2D eigenvalue weighted by Gasteiger charge is -2.29. The quantitative estimate of drug-likeness (QED) is 0.903. The van der Waals surface area contributed by atoms with Crippen LogP contribution in [0.2, 0.25) is 0 Å². The molecule has 1 fully saturated rings. The summed E-state index contributed by atoms with van der Waals surface area (Å²) in [6.45, 7) is 6.26. The second-order valence-corrected chi connectivity index (χ2v) is 5.70. The van der Waals surface area contributed by atoms with Crippen molar-refractivity contribution >= 4 is 0 Å². The van der Waals surface area contributed by atoms with Crippen molar-refractivity contribution in [2.24, 2.45) is 5.92 Å². The van der Waals surface area contributed by atoms with Gasteiger partial charge < -0.3 is 5.11 Å². The molecule has 2 rings (SSSR count). The minimum Gasteiger partial charge on any atom is -0.387 e. The fourth-order valence-corrected chi connectivity index (χ4v) is 2.94. The Balaban J connectivity index is 2.00. The highest BCUT2D eigenvalue weighted by molar-refractivity contribution is 5.32. The molecule has 1 aliphatic rings. The SMILES string of the molecule is CC(C)C1CCCN1CC(O)c1ccc(C#N)cc1. The van der Waals surface area contributed by atoms with Gasteiger partial charge in [0.05, 0.1) is 17.7 Å². The van der Waals surface area contributed by atoms with E-state index in [-0.39, 0.29) is 0 Å². The molecule has 0 radical (unpaired) electrons. The number of β-amino-alcohol motifs (C(OH)–C–C–N with tert-alkyl or cyclic N) is 1. The molecule has 0 saturated carbocycles. The molecule has 3 nitrogen and oxygen atoms in total. The summed E-state index contributed by atoms with van der Waals surface area (Å²) in [5.41, 5.74) is 1.53. The summed E-state index contributed by atoms with van der Waals surface area (Å²) in [7, 11) is 0. The van der Waals surface area contributed by atoms with Crippen LogP contribution in [-0.2, 0) is 0 Å². The second-order valence-electron chi connectivity index (χ2n) is 5.70. The van der Waals surface area contributed by atoms with Crippen LogP contribution in [0.15, 0.2) is 24.3 Å². The Kier molecular flexibility index (Phi) is 4.57. The highest BCUT2D eigenvalue weighted by atomic mass is 16.3. The van der Waals surface area contributed by atoms with E-state index >= 15 is 0 Å². The van der Waals surface area contributed by atoms with E-state index in [0.717, 1.165) is 12.1 Å². The molecule has 2 unspecified atom stereocenters. The minimum atomic E-state index is -0.466. The highest BCUT2D eigenvalue weighted by Crippen LogP contribution is 2.26. The molecule has 0 aliphatic carbocycles. The molecule has 19 heavy (non-hydrogen) atoms. The van der Waals surface area contributed by atoms with Gasteiger partial charge in [-0.3, -0.25) is 4.90 Å². The molecule has 1 aliphatic heterocycles. The maximum Gasteiger partial charge on any atom is 0.0991 e. The first-order valence-corrected chi connectivity index (χ1v) is 7.04. The van der Waals surface area contributed by atoms with E-state index in [2.05, 4.69) is 24.8 Å². The summed E-state index contributed by atoms with van der Waals surface area (Å²) < 4.78 is 0. The van der Waals surface area contributed by atoms with Crippen molar-refractivity contribution in [2.45, 2.75) is 38.8 Å². The van der Waals surface area contributed by atoms with E-state index < -0.39 is 6.10 Å². The predicted molar refractivity (Wildman–Crippen MR) is 75.5 cm³/mol. The molecule has 1 aromatic carbocycles. The van der Waals surface area contributed by atoms with E-state index in [1.54, 1.807) is 12.1 Å². The maximum atomic E-state index is 10.3. The van der Waals surface area contributed by atoms with Crippen LogP contribution < -0.4 is 0 Å². The van der Waals surface area contributed by atoms with Crippen LogP contribution in [0.3, 0.4) is 0 Å². The lowest BCUT2D eigenvalue weighted by molar-refractivity contribution is 0.0939. The smallest absolute Gasteiger partial charge is 0.0991 e. The van der Waals surface area contributed by atoms with E-state index in [1.807, 2.05) is 12.1 Å². The van der Waals surface area contributed by atoms with Gasteiger partial charge in [0.15, 0.2) is 0 Å². The Morgan fingerprint density at radius 3 is 2.63 bits per heavy atom. The Morgan fingerprint density at radius 2 is 2.05 bits per heavy atom. The molecule has 2 atom stereocenters. The molecule has 0 bridgehead atoms. The molecular weight excluding hydrogens is 236 g/mol. The summed E-state index contributed by atoms with van der Waals surface area (Å²) >= 11 is 0. The predicted octanol–water partition coefficient (Wildman–Crippen LogP) is 2.71. The molecule has 1 saturated heterocycles. The van der Waals surface area contributed by atoms with Crippen molar-refractivity contribution < 1.29 is 5.11 Å². The van der Waals surface area contributed by atoms with Crippen molar-refractivity contribution in [3.63, 3.8) is 0 Å². The lowest BCUT2D eigenvalue weighted by Crippen LogP contribution is -2.36. The summed E-state index contributed by atoms with van der Waals surface area (Å²) in [4.78, 5) is 2.40. The summed E-state index contributed by atoms with van der Waals surface area (Å²) in [5, 5.41) is 19.1. The normalized spacial score (nSPS) is 21.5. The third-order valence-electron chi connectivity index (χ3n) is 4.02. The van der Waals surface area contributed by atoms with Gasteiger partial charge in [-0.15, -0.1) is 0 Å². The van der Waals surface area contributed by atoms with Crippen molar-refractivity contribution in [3.05, 3.63) is 35.4 Å². The van der Waals surface area contributed by atoms with Gasteiger partial charge in [-0.2, -0.15) is 5.26 Å². The average Bonchev–Trinajstić information content (AvgIpc) is 2.87. The minimum absolute atomic E-state index is 0.466. The van der Waals surface area contributed by atoms with E-state index in [9.17, 15) is 5.11 Å². The summed E-state index contributed by atoms with van der Waals surface area (Å²) in [5.74, 6) is 0.635. The van der Waals surface area contributed by atoms with Gasteiger partial charge in [0.25, 0.3) is 0 Å². The topological polar surface area (TPSA) is 47.3 Å². The van der Waals surface area contributed by atoms with Crippen LogP contribution in [0.1, 0.15) is 43.9 Å². The number of benzene rings is 1. The Bertz CT molecular complexity index is 447. The van der Waals surface area contributed by atoms with Gasteiger partial charge in [0, 0.05) is 12.6 Å². The van der Waals surface area contributed by atoms with E-state index in [1.165, 1.54) is 12.8 Å². The van der Waals surface area contributed by atoms with Crippen LogP contribution in [0, 0.1) is 17.2 Å². The lowest BCUT2D eigenvalue weighted by atomic mass is 10.0. The van der Waals surface area contributed by atoms with Crippen LogP contribution in [0.5, 0.6) is 0 Å². The van der Waals surface area contributed by atoms with Crippen molar-refractivity contribution in [1.82, 2.24) is 4.90 Å². The zero-order valence-electron chi connectivity index (χ0n) is 11.7. The fraction of sp³-hybridized carbons (Fsp3) is 0.562. The van der Waals surface area contributed by atoms with Gasteiger partial charge in [0.1, 0.15) is 0 Å². The number of hydrogen-bond acceptors (Lipinski definition) is 3. The molecule has 1 aromatic rings. The molecule has 102 valence electrons. The maximum absolute atomic E-state index is 10.3. The molecular formula is C16H22N2O. The molecule has 1 heterocycles. The zero-order chi connectivity index (χ0) is 13.8. The standard InChI is InChI=1S/C16H22N2O/c1-12(2)15-4-3-9-18(15)11-16(19)14-7-5-13(10-17)6-8-14/h5-8,12,15-16,19H,3-4,9,11H2,1-2H3. The number of nitriles is 1. The van der Waals surface area contributed by atoms with Crippen LogP contribution in [0.25, 0.3) is 0 Å². The molecule has 1 N–H and O–H groups in total. The summed E-state index contributed by atoms with van der Waals surface area (Å²) in [6, 6.07) is 9.92. The summed E-state index contributed by atoms with van der Waals surface area (Å²) in [6.07, 6.45) is 1.99. The second kappa shape index (κ2) is 6.18. The molecule has 0 spiro atoms. The third-order valence-corrected chi connectivity index (χ3v) is 4.02. The number of likely N-dealkylation sites (tertiary alicyclic amines) is 1. The Hall–Kier alpha value is -1.37. The van der Waals surface area contributed by atoms with Gasteiger partial charge in [-0.1, -0.05) is 26.0 Å². The first-order valence-electron chi connectivity index (χ1n) is 7.04. The number of hydrogen-bond donors (Lipinski definition) is 1. The van der Waals surface area contributed by atoms with Crippen molar-refractivity contribution in [1.29, 1.82) is 5.26 Å². The van der Waals surface area contributed by atoms with E-state index in [0.29, 0.717) is 24.1 Å². The average molecular weight is 258 g/mol. The Labute approximate surface area is 115 Å². The van der Waals surface area contributed by atoms with Crippen molar-refractivity contribution in [3.8, 4) is 6.07 Å². The molecule has 0 aromatic heterocycles. The zero-order valence-corrected chi connectivity index (χ0v) is 11.7. The number of aliphatic hydroxyl groups is 1. The highest BCUT2D eigenvalue weighted by Gasteiger charge is 2.28.